The minimum Gasteiger partial charge on any atom is -0.375 e. The SMILES string of the molecule is C=C(C)COCCNC(=O)CNC(=O)c1cccc(F)c1. The molecule has 1 aromatic rings. The molecule has 0 aliphatic rings. The molecule has 5 nitrogen and oxygen atoms in total. The van der Waals surface area contributed by atoms with Gasteiger partial charge in [-0.1, -0.05) is 18.2 Å². The van der Waals surface area contributed by atoms with E-state index in [2.05, 4.69) is 17.2 Å². The molecule has 0 aliphatic carbocycles. The maximum Gasteiger partial charge on any atom is 0.251 e. The highest BCUT2D eigenvalue weighted by Crippen LogP contribution is 2.02. The molecule has 114 valence electrons. The van der Waals surface area contributed by atoms with Crippen LogP contribution < -0.4 is 10.6 Å². The number of carbonyl (C=O) groups excluding carboxylic acids is 2. The molecular formula is C15H19FN2O3. The highest BCUT2D eigenvalue weighted by molar-refractivity contribution is 5.96. The number of amides is 2. The Morgan fingerprint density at radius 3 is 2.76 bits per heavy atom. The number of hydrogen-bond acceptors (Lipinski definition) is 3. The normalized spacial score (nSPS) is 10.0. The molecule has 21 heavy (non-hydrogen) atoms. The minimum absolute atomic E-state index is 0.171. The summed E-state index contributed by atoms with van der Waals surface area (Å²) in [5.41, 5.74) is 1.08. The predicted molar refractivity (Wildman–Crippen MR) is 77.4 cm³/mol. The first-order valence-electron chi connectivity index (χ1n) is 6.51. The van der Waals surface area contributed by atoms with Crippen LogP contribution in [0, 0.1) is 5.82 Å². The molecule has 0 fully saturated rings. The Bertz CT molecular complexity index is 517. The topological polar surface area (TPSA) is 67.4 Å². The summed E-state index contributed by atoms with van der Waals surface area (Å²) in [5.74, 6) is -1.33. The second-order valence-corrected chi connectivity index (χ2v) is 4.55. The van der Waals surface area contributed by atoms with Crippen LogP contribution in [0.25, 0.3) is 0 Å². The highest BCUT2D eigenvalue weighted by Gasteiger charge is 2.08. The van der Waals surface area contributed by atoms with Crippen LogP contribution in [-0.2, 0) is 9.53 Å². The highest BCUT2D eigenvalue weighted by atomic mass is 19.1. The molecule has 1 rings (SSSR count). The summed E-state index contributed by atoms with van der Waals surface area (Å²) in [6.45, 7) is 6.53. The quantitative estimate of drug-likeness (QED) is 0.560. The number of halogens is 1. The van der Waals surface area contributed by atoms with Crippen molar-refractivity contribution >= 4 is 11.8 Å². The van der Waals surface area contributed by atoms with Gasteiger partial charge in [-0.15, -0.1) is 0 Å². The van der Waals surface area contributed by atoms with Crippen LogP contribution in [0.2, 0.25) is 0 Å². The van der Waals surface area contributed by atoms with Gasteiger partial charge in [0.15, 0.2) is 0 Å². The van der Waals surface area contributed by atoms with Gasteiger partial charge in [-0.05, 0) is 25.1 Å². The van der Waals surface area contributed by atoms with Gasteiger partial charge in [0, 0.05) is 12.1 Å². The lowest BCUT2D eigenvalue weighted by atomic mass is 10.2. The Labute approximate surface area is 123 Å². The maximum absolute atomic E-state index is 12.9. The molecule has 0 spiro atoms. The number of benzene rings is 1. The first-order chi connectivity index (χ1) is 9.99. The predicted octanol–water partition coefficient (Wildman–Crippen LogP) is 1.26. The summed E-state index contributed by atoms with van der Waals surface area (Å²) in [4.78, 5) is 23.1. The lowest BCUT2D eigenvalue weighted by Gasteiger charge is -2.07. The molecule has 0 bridgehead atoms. The van der Waals surface area contributed by atoms with Gasteiger partial charge in [-0.25, -0.2) is 4.39 Å². The van der Waals surface area contributed by atoms with Crippen LogP contribution in [0.4, 0.5) is 4.39 Å². The second kappa shape index (κ2) is 8.86. The van der Waals surface area contributed by atoms with Gasteiger partial charge >= 0.3 is 0 Å². The fourth-order valence-corrected chi connectivity index (χ4v) is 1.46. The maximum atomic E-state index is 12.9. The number of rotatable bonds is 8. The third-order valence-corrected chi connectivity index (χ3v) is 2.41. The van der Waals surface area contributed by atoms with E-state index in [4.69, 9.17) is 4.74 Å². The summed E-state index contributed by atoms with van der Waals surface area (Å²) < 4.78 is 18.2. The average molecular weight is 294 g/mol. The Kier molecular flexibility index (Phi) is 7.11. The summed E-state index contributed by atoms with van der Waals surface area (Å²) in [5, 5.41) is 5.00. The Hall–Kier alpha value is -2.21. The van der Waals surface area contributed by atoms with E-state index in [1.54, 1.807) is 0 Å². The van der Waals surface area contributed by atoms with Crippen molar-refractivity contribution in [3.63, 3.8) is 0 Å². The molecule has 0 saturated carbocycles. The molecule has 2 amide bonds. The van der Waals surface area contributed by atoms with Crippen LogP contribution in [0.15, 0.2) is 36.4 Å². The van der Waals surface area contributed by atoms with Gasteiger partial charge in [0.2, 0.25) is 5.91 Å². The molecule has 0 aromatic heterocycles. The zero-order valence-corrected chi connectivity index (χ0v) is 11.9. The van der Waals surface area contributed by atoms with Gasteiger partial charge in [-0.2, -0.15) is 0 Å². The summed E-state index contributed by atoms with van der Waals surface area (Å²) in [7, 11) is 0. The van der Waals surface area contributed by atoms with Gasteiger partial charge in [-0.3, -0.25) is 9.59 Å². The number of carbonyl (C=O) groups is 2. The molecule has 0 atom stereocenters. The Morgan fingerprint density at radius 2 is 2.10 bits per heavy atom. The Balaban J connectivity index is 2.21. The van der Waals surface area contributed by atoms with Crippen molar-refractivity contribution in [2.45, 2.75) is 6.92 Å². The first-order valence-corrected chi connectivity index (χ1v) is 6.51. The standard InChI is InChI=1S/C15H19FN2O3/c1-11(2)10-21-7-6-17-14(19)9-18-15(20)12-4-3-5-13(16)8-12/h3-5,8H,1,6-7,9-10H2,2H3,(H,17,19)(H,18,20). The minimum atomic E-state index is -0.498. The smallest absolute Gasteiger partial charge is 0.251 e. The largest absolute Gasteiger partial charge is 0.375 e. The van der Waals surface area contributed by atoms with Crippen molar-refractivity contribution in [2.24, 2.45) is 0 Å². The van der Waals surface area contributed by atoms with Gasteiger partial charge < -0.3 is 15.4 Å². The van der Waals surface area contributed by atoms with Gasteiger partial charge in [0.25, 0.3) is 5.91 Å². The number of hydrogen-bond donors (Lipinski definition) is 2. The molecule has 0 unspecified atom stereocenters. The van der Waals surface area contributed by atoms with E-state index in [0.29, 0.717) is 19.8 Å². The first kappa shape index (κ1) is 16.8. The van der Waals surface area contributed by atoms with Gasteiger partial charge in [0.1, 0.15) is 5.82 Å². The van der Waals surface area contributed by atoms with Crippen molar-refractivity contribution in [1.29, 1.82) is 0 Å². The fourth-order valence-electron chi connectivity index (χ4n) is 1.46. The van der Waals surface area contributed by atoms with E-state index >= 15 is 0 Å². The molecular weight excluding hydrogens is 275 g/mol. The van der Waals surface area contributed by atoms with E-state index < -0.39 is 11.7 Å². The average Bonchev–Trinajstić information content (AvgIpc) is 2.44. The van der Waals surface area contributed by atoms with Crippen LogP contribution in [0.5, 0.6) is 0 Å². The summed E-state index contributed by atoms with van der Waals surface area (Å²) in [6.07, 6.45) is 0. The van der Waals surface area contributed by atoms with Crippen molar-refractivity contribution in [2.75, 3.05) is 26.3 Å². The molecule has 2 N–H and O–H groups in total. The molecule has 6 heteroatoms. The van der Waals surface area contributed by atoms with E-state index in [1.165, 1.54) is 18.2 Å². The van der Waals surface area contributed by atoms with Crippen LogP contribution >= 0.6 is 0 Å². The van der Waals surface area contributed by atoms with E-state index in [-0.39, 0.29) is 18.0 Å². The second-order valence-electron chi connectivity index (χ2n) is 4.55. The molecule has 0 radical (unpaired) electrons. The zero-order valence-electron chi connectivity index (χ0n) is 11.9. The molecule has 0 saturated heterocycles. The lowest BCUT2D eigenvalue weighted by Crippen LogP contribution is -2.38. The number of nitrogens with one attached hydrogen (secondary N) is 2. The zero-order chi connectivity index (χ0) is 15.7. The monoisotopic (exact) mass is 294 g/mol. The van der Waals surface area contributed by atoms with E-state index in [9.17, 15) is 14.0 Å². The number of ether oxygens (including phenoxy) is 1. The fraction of sp³-hybridized carbons (Fsp3) is 0.333. The third kappa shape index (κ3) is 7.22. The molecule has 0 heterocycles. The van der Waals surface area contributed by atoms with E-state index in [1.807, 2.05) is 6.92 Å². The third-order valence-electron chi connectivity index (χ3n) is 2.41. The molecule has 0 aliphatic heterocycles. The van der Waals surface area contributed by atoms with Crippen LogP contribution in [0.1, 0.15) is 17.3 Å². The summed E-state index contributed by atoms with van der Waals surface area (Å²) in [6, 6.07) is 5.26. The Morgan fingerprint density at radius 1 is 1.33 bits per heavy atom. The molecule has 1 aromatic carbocycles. The lowest BCUT2D eigenvalue weighted by molar-refractivity contribution is -0.120. The van der Waals surface area contributed by atoms with E-state index in [0.717, 1.165) is 11.6 Å². The summed E-state index contributed by atoms with van der Waals surface area (Å²) >= 11 is 0. The van der Waals surface area contributed by atoms with Crippen molar-refractivity contribution in [3.05, 3.63) is 47.8 Å². The van der Waals surface area contributed by atoms with Gasteiger partial charge in [0.05, 0.1) is 19.8 Å². The van der Waals surface area contributed by atoms with Crippen molar-refractivity contribution in [1.82, 2.24) is 10.6 Å². The van der Waals surface area contributed by atoms with Crippen LogP contribution in [-0.4, -0.2) is 38.1 Å². The van der Waals surface area contributed by atoms with Crippen LogP contribution in [0.3, 0.4) is 0 Å². The van der Waals surface area contributed by atoms with Crippen molar-refractivity contribution < 1.29 is 18.7 Å². The van der Waals surface area contributed by atoms with Crippen molar-refractivity contribution in [3.8, 4) is 0 Å².